The SMILES string of the molecule is COCCN(C)S(=O)(=O)c1ccc(NCC#Cc2cc3c(NC4CCOCC4)cccc3n2C(F)C(F)F)c(OC)c1. The average Bonchev–Trinajstić information content (AvgIpc) is 3.37. The number of methoxy groups -OCH3 is 2. The molecular formula is C29H35F3N4O5S. The largest absolute Gasteiger partial charge is 0.495 e. The maximum atomic E-state index is 14.8. The molecule has 4 rings (SSSR count). The first kappa shape index (κ1) is 31.5. The van der Waals surface area contributed by atoms with Crippen molar-refractivity contribution in [2.24, 2.45) is 0 Å². The number of nitrogens with one attached hydrogen (secondary N) is 2. The van der Waals surface area contributed by atoms with Crippen molar-refractivity contribution in [3.05, 3.63) is 48.2 Å². The van der Waals surface area contributed by atoms with E-state index in [1.807, 2.05) is 6.07 Å². The lowest BCUT2D eigenvalue weighted by Crippen LogP contribution is -2.30. The number of fused-ring (bicyclic) bond motifs is 1. The molecule has 1 saturated heterocycles. The molecule has 0 spiro atoms. The first-order valence-corrected chi connectivity index (χ1v) is 14.9. The van der Waals surface area contributed by atoms with Crippen molar-refractivity contribution in [3.63, 3.8) is 0 Å². The monoisotopic (exact) mass is 608 g/mol. The van der Waals surface area contributed by atoms with Crippen LogP contribution in [0.1, 0.15) is 24.8 Å². The van der Waals surface area contributed by atoms with Crippen molar-refractivity contribution < 1.29 is 35.8 Å². The number of benzene rings is 2. The number of hydrogen-bond acceptors (Lipinski definition) is 7. The van der Waals surface area contributed by atoms with Crippen LogP contribution >= 0.6 is 0 Å². The van der Waals surface area contributed by atoms with Gasteiger partial charge in [0.05, 0.1) is 42.1 Å². The van der Waals surface area contributed by atoms with Gasteiger partial charge in [-0.3, -0.25) is 4.57 Å². The van der Waals surface area contributed by atoms with Gasteiger partial charge in [-0.2, -0.15) is 4.31 Å². The van der Waals surface area contributed by atoms with Crippen molar-refractivity contribution in [2.75, 3.05) is 64.8 Å². The highest BCUT2D eigenvalue weighted by Gasteiger charge is 2.26. The van der Waals surface area contributed by atoms with Gasteiger partial charge in [-0.05, 0) is 49.1 Å². The number of rotatable bonds is 12. The highest BCUT2D eigenvalue weighted by molar-refractivity contribution is 7.89. The van der Waals surface area contributed by atoms with Crippen molar-refractivity contribution in [1.29, 1.82) is 0 Å². The summed E-state index contributed by atoms with van der Waals surface area (Å²) < 4.78 is 85.5. The molecule has 3 aromatic rings. The molecular weight excluding hydrogens is 573 g/mol. The van der Waals surface area contributed by atoms with Gasteiger partial charge in [0.15, 0.2) is 0 Å². The molecule has 0 bridgehead atoms. The van der Waals surface area contributed by atoms with E-state index < -0.39 is 22.7 Å². The fourth-order valence-corrected chi connectivity index (χ4v) is 5.86. The Hall–Kier alpha value is -3.44. The van der Waals surface area contributed by atoms with E-state index >= 15 is 0 Å². The second kappa shape index (κ2) is 14.2. The van der Waals surface area contributed by atoms with Crippen molar-refractivity contribution >= 4 is 32.3 Å². The number of anilines is 2. The summed E-state index contributed by atoms with van der Waals surface area (Å²) in [5.74, 6) is 5.95. The molecule has 1 unspecified atom stereocenters. The molecule has 228 valence electrons. The van der Waals surface area contributed by atoms with Crippen molar-refractivity contribution in [1.82, 2.24) is 8.87 Å². The third kappa shape index (κ3) is 7.12. The van der Waals surface area contributed by atoms with E-state index in [1.165, 1.54) is 37.7 Å². The zero-order chi connectivity index (χ0) is 30.3. The Kier molecular flexibility index (Phi) is 10.6. The zero-order valence-electron chi connectivity index (χ0n) is 23.7. The number of aromatic nitrogens is 1. The Balaban J connectivity index is 1.56. The number of sulfonamides is 1. The van der Waals surface area contributed by atoms with Gasteiger partial charge in [0.1, 0.15) is 5.75 Å². The van der Waals surface area contributed by atoms with Crippen LogP contribution in [0.15, 0.2) is 47.4 Å². The van der Waals surface area contributed by atoms with E-state index in [4.69, 9.17) is 14.2 Å². The minimum atomic E-state index is -3.76. The summed E-state index contributed by atoms with van der Waals surface area (Å²) in [4.78, 5) is 0.0465. The van der Waals surface area contributed by atoms with E-state index in [1.54, 1.807) is 24.3 Å². The summed E-state index contributed by atoms with van der Waals surface area (Å²) in [6.45, 7) is 1.75. The van der Waals surface area contributed by atoms with E-state index in [2.05, 4.69) is 22.5 Å². The number of nitrogens with zero attached hydrogens (tertiary/aromatic N) is 2. The molecule has 2 N–H and O–H groups in total. The van der Waals surface area contributed by atoms with Gasteiger partial charge in [-0.1, -0.05) is 12.0 Å². The van der Waals surface area contributed by atoms with E-state index in [0.29, 0.717) is 35.5 Å². The molecule has 9 nitrogen and oxygen atoms in total. The van der Waals surface area contributed by atoms with Gasteiger partial charge in [0.2, 0.25) is 16.3 Å². The Labute approximate surface area is 244 Å². The van der Waals surface area contributed by atoms with E-state index in [0.717, 1.165) is 17.4 Å². The molecule has 1 fully saturated rings. The first-order chi connectivity index (χ1) is 20.2. The molecule has 13 heteroatoms. The van der Waals surface area contributed by atoms with Crippen LogP contribution in [0.2, 0.25) is 0 Å². The number of likely N-dealkylation sites (N-methyl/N-ethyl adjacent to an activating group) is 1. The topological polar surface area (TPSA) is 94.1 Å². The molecule has 0 aliphatic carbocycles. The van der Waals surface area contributed by atoms with Crippen molar-refractivity contribution in [2.45, 2.75) is 36.5 Å². The summed E-state index contributed by atoms with van der Waals surface area (Å²) >= 11 is 0. The molecule has 2 aromatic carbocycles. The minimum absolute atomic E-state index is 0.0465. The normalized spacial score (nSPS) is 15.0. The highest BCUT2D eigenvalue weighted by Crippen LogP contribution is 2.33. The summed E-state index contributed by atoms with van der Waals surface area (Å²) in [6.07, 6.45) is -4.20. The summed E-state index contributed by atoms with van der Waals surface area (Å²) in [5.41, 5.74) is 1.61. The molecule has 1 aromatic heterocycles. The average molecular weight is 609 g/mol. The Morgan fingerprint density at radius 2 is 1.88 bits per heavy atom. The van der Waals surface area contributed by atoms with Gasteiger partial charge in [-0.15, -0.1) is 0 Å². The number of halogens is 3. The molecule has 1 aliphatic rings. The van der Waals surface area contributed by atoms with Crippen LogP contribution in [0.4, 0.5) is 24.5 Å². The predicted molar refractivity (Wildman–Crippen MR) is 156 cm³/mol. The van der Waals surface area contributed by atoms with Gasteiger partial charge < -0.3 is 24.8 Å². The molecule has 0 radical (unpaired) electrons. The Bertz CT molecular complexity index is 1530. The van der Waals surface area contributed by atoms with Gasteiger partial charge in [0, 0.05) is 57.1 Å². The Morgan fingerprint density at radius 1 is 1.12 bits per heavy atom. The van der Waals surface area contributed by atoms with Crippen LogP contribution in [0.3, 0.4) is 0 Å². The molecule has 42 heavy (non-hydrogen) atoms. The first-order valence-electron chi connectivity index (χ1n) is 13.4. The van der Waals surface area contributed by atoms with Crippen LogP contribution in [-0.4, -0.2) is 83.9 Å². The van der Waals surface area contributed by atoms with Crippen LogP contribution in [0.25, 0.3) is 10.9 Å². The van der Waals surface area contributed by atoms with Gasteiger partial charge in [-0.25, -0.2) is 21.6 Å². The quantitative estimate of drug-likeness (QED) is 0.288. The van der Waals surface area contributed by atoms with Crippen LogP contribution in [0, 0.1) is 11.8 Å². The second-order valence-electron chi connectivity index (χ2n) is 9.71. The smallest absolute Gasteiger partial charge is 0.288 e. The van der Waals surface area contributed by atoms with Gasteiger partial charge >= 0.3 is 0 Å². The third-order valence-corrected chi connectivity index (χ3v) is 8.85. The molecule has 0 saturated carbocycles. The lowest BCUT2D eigenvalue weighted by molar-refractivity contribution is 0.0102. The van der Waals surface area contributed by atoms with Gasteiger partial charge in [0.25, 0.3) is 6.43 Å². The Morgan fingerprint density at radius 3 is 2.57 bits per heavy atom. The minimum Gasteiger partial charge on any atom is -0.495 e. The molecule has 2 heterocycles. The summed E-state index contributed by atoms with van der Waals surface area (Å²) in [6, 6.07) is 11.3. The predicted octanol–water partition coefficient (Wildman–Crippen LogP) is 4.70. The van der Waals surface area contributed by atoms with Crippen LogP contribution in [-0.2, 0) is 19.5 Å². The fourth-order valence-electron chi connectivity index (χ4n) is 4.69. The lowest BCUT2D eigenvalue weighted by atomic mass is 10.1. The van der Waals surface area contributed by atoms with Crippen LogP contribution in [0.5, 0.6) is 5.75 Å². The van der Waals surface area contributed by atoms with Crippen molar-refractivity contribution in [3.8, 4) is 17.6 Å². The van der Waals surface area contributed by atoms with E-state index in [-0.39, 0.29) is 42.1 Å². The van der Waals surface area contributed by atoms with E-state index in [9.17, 15) is 21.6 Å². The number of ether oxygens (including phenoxy) is 3. The number of alkyl halides is 3. The summed E-state index contributed by atoms with van der Waals surface area (Å²) in [5, 5.41) is 7.08. The molecule has 1 aliphatic heterocycles. The molecule has 1 atom stereocenters. The third-order valence-electron chi connectivity index (χ3n) is 6.99. The standard InChI is InChI=1S/C29H35F3N4O5S/c1-35(14-17-39-2)42(37,38)22-9-10-25(27(19-22)40-3)33-13-5-6-21-18-23-24(34-20-11-15-41-16-12-20)7-4-8-26(23)36(21)29(32)28(30)31/h4,7-10,18-20,28-29,33-34H,11-17H2,1-3H3. The van der Waals surface area contributed by atoms with Crippen LogP contribution < -0.4 is 15.4 Å². The maximum absolute atomic E-state index is 14.8. The second-order valence-corrected chi connectivity index (χ2v) is 11.8. The zero-order valence-corrected chi connectivity index (χ0v) is 24.5. The fraction of sp³-hybridized carbons (Fsp3) is 0.448. The maximum Gasteiger partial charge on any atom is 0.288 e. The number of hydrogen-bond donors (Lipinski definition) is 2. The highest BCUT2D eigenvalue weighted by atomic mass is 32.2. The summed E-state index contributed by atoms with van der Waals surface area (Å²) in [7, 11) is 0.599. The lowest BCUT2D eigenvalue weighted by Gasteiger charge is -2.24. The molecule has 0 amide bonds.